The summed E-state index contributed by atoms with van der Waals surface area (Å²) in [5.74, 6) is 0.334. The Morgan fingerprint density at radius 2 is 2.00 bits per heavy atom. The van der Waals surface area contributed by atoms with E-state index in [1.165, 1.54) is 0 Å². The Morgan fingerprint density at radius 3 is 2.64 bits per heavy atom. The maximum absolute atomic E-state index is 11.8. The molecule has 0 bridgehead atoms. The molecule has 1 atom stereocenters. The lowest BCUT2D eigenvalue weighted by atomic mass is 10.0. The molecular formula is C16H19N2O4+. The zero-order valence-electron chi connectivity index (χ0n) is 12.3. The molecule has 2 amide bonds. The first-order chi connectivity index (χ1) is 10.7. The summed E-state index contributed by atoms with van der Waals surface area (Å²) in [6.45, 7) is 1.99. The number of carbonyl (C=O) groups excluding carboxylic acids is 2. The molecule has 0 radical (unpaired) electrons. The minimum Gasteiger partial charge on any atom is -0.463 e. The average molecular weight is 303 g/mol. The standard InChI is InChI=1S/C16H18N2O4/c1-2-21-16(20)18-14(19)11-17-15(13-9-6-10-22-13)12-7-4-3-5-8-12/h3-10,15,17H,2,11H2,1H3,(H,18,19,20)/p+1/t15-/m1/s1. The van der Waals surface area contributed by atoms with Crippen molar-refractivity contribution in [2.45, 2.75) is 13.0 Å². The van der Waals surface area contributed by atoms with E-state index in [1.807, 2.05) is 41.7 Å². The highest BCUT2D eigenvalue weighted by atomic mass is 16.5. The van der Waals surface area contributed by atoms with Crippen molar-refractivity contribution in [3.63, 3.8) is 0 Å². The van der Waals surface area contributed by atoms with Gasteiger partial charge in [-0.3, -0.25) is 10.1 Å². The number of hydrogen-bond donors (Lipinski definition) is 2. The Balaban J connectivity index is 1.99. The molecule has 6 nitrogen and oxygen atoms in total. The summed E-state index contributed by atoms with van der Waals surface area (Å²) < 4.78 is 10.1. The monoisotopic (exact) mass is 303 g/mol. The molecule has 1 aromatic heterocycles. The highest BCUT2D eigenvalue weighted by Gasteiger charge is 2.22. The smallest absolute Gasteiger partial charge is 0.414 e. The number of rotatable bonds is 6. The van der Waals surface area contributed by atoms with Crippen molar-refractivity contribution in [3.8, 4) is 0 Å². The summed E-state index contributed by atoms with van der Waals surface area (Å²) in [6, 6.07) is 13.2. The van der Waals surface area contributed by atoms with Crippen molar-refractivity contribution in [1.29, 1.82) is 0 Å². The fourth-order valence-corrected chi connectivity index (χ4v) is 2.10. The van der Waals surface area contributed by atoms with Crippen molar-refractivity contribution in [3.05, 3.63) is 60.1 Å². The lowest BCUT2D eigenvalue weighted by Crippen LogP contribution is -2.87. The van der Waals surface area contributed by atoms with Crippen molar-refractivity contribution < 1.29 is 24.1 Å². The normalized spacial score (nSPS) is 11.7. The molecule has 1 heterocycles. The topological polar surface area (TPSA) is 85.1 Å². The van der Waals surface area contributed by atoms with Crippen molar-refractivity contribution in [1.82, 2.24) is 5.32 Å². The molecular weight excluding hydrogens is 284 g/mol. The van der Waals surface area contributed by atoms with Gasteiger partial charge >= 0.3 is 6.09 Å². The lowest BCUT2D eigenvalue weighted by Gasteiger charge is -2.13. The fourth-order valence-electron chi connectivity index (χ4n) is 2.10. The van der Waals surface area contributed by atoms with Gasteiger partial charge in [-0.1, -0.05) is 30.3 Å². The van der Waals surface area contributed by atoms with Gasteiger partial charge in [-0.2, -0.15) is 0 Å². The number of alkyl carbamates (subject to hydrolysis) is 1. The van der Waals surface area contributed by atoms with Crippen LogP contribution in [0.2, 0.25) is 0 Å². The maximum atomic E-state index is 11.8. The number of quaternary nitrogens is 1. The van der Waals surface area contributed by atoms with Gasteiger partial charge in [0.1, 0.15) is 0 Å². The minimum atomic E-state index is -0.727. The minimum absolute atomic E-state index is 0.0824. The summed E-state index contributed by atoms with van der Waals surface area (Å²) in [7, 11) is 0. The summed E-state index contributed by atoms with van der Waals surface area (Å²) in [4.78, 5) is 23.0. The predicted octanol–water partition coefficient (Wildman–Crippen LogP) is 1.21. The molecule has 1 aromatic carbocycles. The van der Waals surface area contributed by atoms with E-state index in [1.54, 1.807) is 19.3 Å². The number of carbonyl (C=O) groups is 2. The number of imide groups is 1. The number of ether oxygens (including phenoxy) is 1. The molecule has 0 aliphatic rings. The Bertz CT molecular complexity index is 596. The van der Waals surface area contributed by atoms with E-state index in [2.05, 4.69) is 10.1 Å². The van der Waals surface area contributed by atoms with Crippen LogP contribution in [0.3, 0.4) is 0 Å². The fraction of sp³-hybridized carbons (Fsp3) is 0.250. The van der Waals surface area contributed by atoms with Crippen molar-refractivity contribution in [2.75, 3.05) is 13.2 Å². The molecule has 6 heteroatoms. The second kappa shape index (κ2) is 7.99. The predicted molar refractivity (Wildman–Crippen MR) is 79.0 cm³/mol. The molecule has 3 N–H and O–H groups in total. The molecule has 2 rings (SSSR count). The molecule has 22 heavy (non-hydrogen) atoms. The largest absolute Gasteiger partial charge is 0.463 e. The van der Waals surface area contributed by atoms with Crippen LogP contribution in [0.4, 0.5) is 4.79 Å². The molecule has 2 aromatic rings. The Hall–Kier alpha value is -2.60. The van der Waals surface area contributed by atoms with E-state index in [4.69, 9.17) is 4.42 Å². The van der Waals surface area contributed by atoms with Crippen LogP contribution in [0.1, 0.15) is 24.3 Å². The van der Waals surface area contributed by atoms with Gasteiger partial charge in [-0.15, -0.1) is 0 Å². The van der Waals surface area contributed by atoms with E-state index in [0.29, 0.717) is 0 Å². The van der Waals surface area contributed by atoms with Gasteiger partial charge in [0.05, 0.1) is 12.9 Å². The summed E-state index contributed by atoms with van der Waals surface area (Å²) in [5.41, 5.74) is 1.02. The summed E-state index contributed by atoms with van der Waals surface area (Å²) in [5, 5.41) is 3.98. The van der Waals surface area contributed by atoms with Crippen LogP contribution in [-0.4, -0.2) is 25.2 Å². The van der Waals surface area contributed by atoms with Gasteiger partial charge in [-0.05, 0) is 19.1 Å². The van der Waals surface area contributed by atoms with Gasteiger partial charge in [0, 0.05) is 5.56 Å². The first kappa shape index (κ1) is 15.8. The van der Waals surface area contributed by atoms with E-state index in [0.717, 1.165) is 11.3 Å². The van der Waals surface area contributed by atoms with Crippen LogP contribution < -0.4 is 10.6 Å². The molecule has 0 aliphatic carbocycles. The summed E-state index contributed by atoms with van der Waals surface area (Å²) >= 11 is 0. The zero-order chi connectivity index (χ0) is 15.8. The number of furan rings is 1. The van der Waals surface area contributed by atoms with Gasteiger partial charge in [0.2, 0.25) is 0 Å². The number of benzene rings is 1. The molecule has 0 spiro atoms. The first-order valence-corrected chi connectivity index (χ1v) is 7.09. The van der Waals surface area contributed by atoms with Gasteiger partial charge < -0.3 is 14.5 Å². The molecule has 0 fully saturated rings. The Morgan fingerprint density at radius 1 is 1.23 bits per heavy atom. The summed E-state index contributed by atoms with van der Waals surface area (Å²) in [6.07, 6.45) is 0.868. The molecule has 0 unspecified atom stereocenters. The number of nitrogens with one attached hydrogen (secondary N) is 1. The molecule has 0 aliphatic heterocycles. The van der Waals surface area contributed by atoms with Crippen LogP contribution in [-0.2, 0) is 9.53 Å². The molecule has 0 saturated heterocycles. The highest BCUT2D eigenvalue weighted by Crippen LogP contribution is 2.18. The lowest BCUT2D eigenvalue weighted by molar-refractivity contribution is -0.678. The Labute approximate surface area is 128 Å². The maximum Gasteiger partial charge on any atom is 0.414 e. The average Bonchev–Trinajstić information content (AvgIpc) is 3.03. The van der Waals surface area contributed by atoms with E-state index in [-0.39, 0.29) is 19.2 Å². The Kier molecular flexibility index (Phi) is 5.73. The van der Waals surface area contributed by atoms with Crippen molar-refractivity contribution in [2.24, 2.45) is 0 Å². The molecule has 116 valence electrons. The van der Waals surface area contributed by atoms with Gasteiger partial charge in [-0.25, -0.2) is 4.79 Å². The number of nitrogens with two attached hydrogens (primary N) is 1. The first-order valence-electron chi connectivity index (χ1n) is 7.09. The van der Waals surface area contributed by atoms with E-state index in [9.17, 15) is 9.59 Å². The van der Waals surface area contributed by atoms with Crippen LogP contribution in [0.5, 0.6) is 0 Å². The second-order valence-corrected chi connectivity index (χ2v) is 4.61. The number of hydrogen-bond acceptors (Lipinski definition) is 4. The third-order valence-corrected chi connectivity index (χ3v) is 3.06. The molecule has 0 saturated carbocycles. The van der Waals surface area contributed by atoms with Crippen LogP contribution in [0.15, 0.2) is 53.1 Å². The number of amides is 2. The third kappa shape index (κ3) is 4.46. The second-order valence-electron chi connectivity index (χ2n) is 4.61. The van der Waals surface area contributed by atoms with Crippen molar-refractivity contribution >= 4 is 12.0 Å². The van der Waals surface area contributed by atoms with Gasteiger partial charge in [0.25, 0.3) is 5.91 Å². The zero-order valence-corrected chi connectivity index (χ0v) is 12.3. The van der Waals surface area contributed by atoms with Crippen LogP contribution >= 0.6 is 0 Å². The van der Waals surface area contributed by atoms with E-state index >= 15 is 0 Å². The third-order valence-electron chi connectivity index (χ3n) is 3.06. The van der Waals surface area contributed by atoms with Gasteiger partial charge in [0.15, 0.2) is 18.3 Å². The van der Waals surface area contributed by atoms with E-state index < -0.39 is 12.0 Å². The quantitative estimate of drug-likeness (QED) is 0.840. The highest BCUT2D eigenvalue weighted by molar-refractivity contribution is 5.92. The SMILES string of the molecule is CCOC(=O)NC(=O)C[NH2+][C@H](c1ccccc1)c1ccco1. The van der Waals surface area contributed by atoms with Crippen LogP contribution in [0.25, 0.3) is 0 Å². The van der Waals surface area contributed by atoms with Crippen LogP contribution in [0, 0.1) is 0 Å².